The molecule has 1 aromatic carbocycles. The smallest absolute Gasteiger partial charge is 0.296 e. The Kier molecular flexibility index (Phi) is 11.9. The van der Waals surface area contributed by atoms with E-state index in [9.17, 15) is 9.59 Å². The van der Waals surface area contributed by atoms with Crippen LogP contribution in [0.4, 0.5) is 5.82 Å². The maximum absolute atomic E-state index is 13.4. The van der Waals surface area contributed by atoms with Gasteiger partial charge in [0.25, 0.3) is 6.01 Å². The van der Waals surface area contributed by atoms with Gasteiger partial charge in [-0.1, -0.05) is 35.3 Å². The summed E-state index contributed by atoms with van der Waals surface area (Å²) in [5, 5.41) is 13.8. The van der Waals surface area contributed by atoms with Crippen LogP contribution in [0.2, 0.25) is 10.0 Å². The van der Waals surface area contributed by atoms with E-state index in [0.29, 0.717) is 82.2 Å². The van der Waals surface area contributed by atoms with E-state index in [4.69, 9.17) is 52.4 Å². The largest absolute Gasteiger partial charge is 0.480 e. The van der Waals surface area contributed by atoms with Gasteiger partial charge in [-0.3, -0.25) is 19.1 Å². The first kappa shape index (κ1) is 41.7. The number of rotatable bonds is 13. The van der Waals surface area contributed by atoms with Gasteiger partial charge in [0.05, 0.1) is 47.6 Å². The number of hydrogen-bond acceptors (Lipinski definition) is 13. The third-order valence-electron chi connectivity index (χ3n) is 11.5. The number of amides is 2. The van der Waals surface area contributed by atoms with E-state index in [1.54, 1.807) is 29.4 Å². The highest BCUT2D eigenvalue weighted by Gasteiger charge is 2.33. The SMILES string of the molecule is COc1nc(N2CCN(C(=O)COCCNC(=O)C[C@@H]3N=C(c4ccc(Cl)cc4)c4c(sc(C)c4C)-n4c(C)nnc43)CC2)ccc1-c1nc2nc(OC3CCC3)[nH]c2cc1Cl. The lowest BCUT2D eigenvalue weighted by Gasteiger charge is -2.35. The van der Waals surface area contributed by atoms with Crippen molar-refractivity contribution in [1.82, 2.24) is 44.9 Å². The summed E-state index contributed by atoms with van der Waals surface area (Å²) in [6.07, 6.45) is 3.43. The first-order valence-corrected chi connectivity index (χ1v) is 22.1. The van der Waals surface area contributed by atoms with Crippen LogP contribution in [0.25, 0.3) is 27.4 Å². The average Bonchev–Trinajstić information content (AvgIpc) is 3.90. The van der Waals surface area contributed by atoms with E-state index in [0.717, 1.165) is 52.5 Å². The number of nitrogens with one attached hydrogen (secondary N) is 2. The third-order valence-corrected chi connectivity index (χ3v) is 13.2. The van der Waals surface area contributed by atoms with Gasteiger partial charge in [0.1, 0.15) is 35.4 Å². The zero-order valence-electron chi connectivity index (χ0n) is 34.7. The molecule has 1 saturated heterocycles. The Balaban J connectivity index is 0.767. The number of carbonyl (C=O) groups excluding carboxylic acids is 2. The normalized spacial score (nSPS) is 16.4. The highest BCUT2D eigenvalue weighted by molar-refractivity contribution is 7.15. The van der Waals surface area contributed by atoms with Gasteiger partial charge in [0, 0.05) is 53.8 Å². The predicted octanol–water partition coefficient (Wildman–Crippen LogP) is 6.60. The summed E-state index contributed by atoms with van der Waals surface area (Å²) in [7, 11) is 1.56. The number of methoxy groups -OCH3 is 1. The number of aromatic nitrogens is 7. The number of benzene rings is 1. The number of imidazole rings is 1. The molecule has 2 fully saturated rings. The summed E-state index contributed by atoms with van der Waals surface area (Å²) in [5.41, 5.74) is 6.13. The van der Waals surface area contributed by atoms with Gasteiger partial charge in [0.15, 0.2) is 11.5 Å². The number of piperazine rings is 1. The topological polar surface area (TPSA) is 178 Å². The van der Waals surface area contributed by atoms with Crippen molar-refractivity contribution in [3.05, 3.63) is 85.7 Å². The van der Waals surface area contributed by atoms with Crippen molar-refractivity contribution in [1.29, 1.82) is 0 Å². The van der Waals surface area contributed by atoms with Crippen LogP contribution in [-0.4, -0.2) is 116 Å². The number of fused-ring (bicyclic) bond motifs is 4. The maximum atomic E-state index is 13.4. The van der Waals surface area contributed by atoms with Crippen molar-refractivity contribution in [2.75, 3.05) is 57.9 Å². The molecule has 0 radical (unpaired) electrons. The summed E-state index contributed by atoms with van der Waals surface area (Å²) in [4.78, 5) is 53.9. The number of halogens is 2. The van der Waals surface area contributed by atoms with Gasteiger partial charge >= 0.3 is 0 Å². The van der Waals surface area contributed by atoms with Crippen LogP contribution < -0.4 is 19.7 Å². The van der Waals surface area contributed by atoms with Gasteiger partial charge in [-0.15, -0.1) is 21.5 Å². The number of hydrogen-bond donors (Lipinski definition) is 2. The number of aliphatic imine (C=N–C) groups is 1. The molecule has 9 rings (SSSR count). The lowest BCUT2D eigenvalue weighted by atomic mass is 9.96. The molecule has 16 nitrogen and oxygen atoms in total. The molecule has 1 saturated carbocycles. The van der Waals surface area contributed by atoms with Crippen LogP contribution in [0, 0.1) is 20.8 Å². The van der Waals surface area contributed by atoms with Crippen LogP contribution in [0.3, 0.4) is 0 Å². The molecule has 6 aromatic rings. The Morgan fingerprint density at radius 3 is 2.52 bits per heavy atom. The molecule has 0 spiro atoms. The molecular formula is C43H45Cl2N11O5S. The first-order valence-electron chi connectivity index (χ1n) is 20.6. The minimum absolute atomic E-state index is 0.0528. The standard InChI is InChI=1S/C43H45Cl2N11O5S/c1-23-24(2)62-42-36(23)37(26-8-10-27(44)11-9-26)47-32(40-53-52-25(3)56(40)42)21-34(57)46-14-19-60-22-35(58)55-17-15-54(16-18-55)33-13-12-29(41(49-33)59-4)38-30(45)20-31-39(50-38)51-43(48-31)61-28-6-5-7-28/h8-13,20,28,32H,5-7,14-19,21-22H2,1-4H3,(H,46,57)(H,48,50,51)/t32-/m0/s1. The van der Waals surface area contributed by atoms with Crippen molar-refractivity contribution in [3.8, 4) is 28.1 Å². The fraction of sp³-hybridized carbons (Fsp3) is 0.395. The molecule has 3 aliphatic rings. The van der Waals surface area contributed by atoms with Crippen LogP contribution in [0.1, 0.15) is 64.9 Å². The lowest BCUT2D eigenvalue weighted by Crippen LogP contribution is -2.50. The second-order valence-corrected chi connectivity index (χ2v) is 17.6. The number of anilines is 1. The zero-order chi connectivity index (χ0) is 43.1. The minimum atomic E-state index is -0.588. The molecule has 2 aliphatic heterocycles. The summed E-state index contributed by atoms with van der Waals surface area (Å²) in [5.74, 6) is 2.07. The molecule has 1 atom stereocenters. The maximum Gasteiger partial charge on any atom is 0.296 e. The fourth-order valence-electron chi connectivity index (χ4n) is 7.81. The van der Waals surface area contributed by atoms with Gasteiger partial charge in [-0.05, 0) is 75.9 Å². The number of ether oxygens (including phenoxy) is 3. The second kappa shape index (κ2) is 17.6. The third kappa shape index (κ3) is 8.33. The highest BCUT2D eigenvalue weighted by Crippen LogP contribution is 2.40. The molecule has 2 N–H and O–H groups in total. The highest BCUT2D eigenvalue weighted by atomic mass is 35.5. The van der Waals surface area contributed by atoms with Crippen molar-refractivity contribution in [2.24, 2.45) is 4.99 Å². The Bertz CT molecular complexity index is 2690. The van der Waals surface area contributed by atoms with Crippen LogP contribution in [0.5, 0.6) is 11.9 Å². The van der Waals surface area contributed by atoms with Gasteiger partial charge in [-0.25, -0.2) is 4.98 Å². The van der Waals surface area contributed by atoms with Gasteiger partial charge in [0.2, 0.25) is 17.7 Å². The quantitative estimate of drug-likeness (QED) is 0.120. The molecule has 19 heteroatoms. The molecule has 2 amide bonds. The van der Waals surface area contributed by atoms with Gasteiger partial charge in [-0.2, -0.15) is 9.97 Å². The van der Waals surface area contributed by atoms with Gasteiger partial charge < -0.3 is 34.3 Å². The number of aromatic amines is 1. The molecule has 0 unspecified atom stereocenters. The Morgan fingerprint density at radius 1 is 0.984 bits per heavy atom. The number of aryl methyl sites for hydroxylation is 2. The molecule has 5 aromatic heterocycles. The summed E-state index contributed by atoms with van der Waals surface area (Å²) < 4.78 is 19.4. The van der Waals surface area contributed by atoms with Crippen molar-refractivity contribution >= 4 is 69.0 Å². The van der Waals surface area contributed by atoms with Crippen LogP contribution in [-0.2, 0) is 14.3 Å². The van der Waals surface area contributed by atoms with Crippen molar-refractivity contribution in [2.45, 2.75) is 58.6 Å². The molecule has 322 valence electrons. The molecule has 62 heavy (non-hydrogen) atoms. The van der Waals surface area contributed by atoms with E-state index in [-0.39, 0.29) is 44.1 Å². The minimum Gasteiger partial charge on any atom is -0.480 e. The second-order valence-electron chi connectivity index (χ2n) is 15.5. The number of nitrogens with zero attached hydrogens (tertiary/aromatic N) is 9. The number of carbonyl (C=O) groups is 2. The molecule has 0 bridgehead atoms. The Labute approximate surface area is 371 Å². The lowest BCUT2D eigenvalue weighted by molar-refractivity contribution is -0.136. The predicted molar refractivity (Wildman–Crippen MR) is 237 cm³/mol. The van der Waals surface area contributed by atoms with Crippen molar-refractivity contribution in [3.63, 3.8) is 0 Å². The van der Waals surface area contributed by atoms with E-state index < -0.39 is 6.04 Å². The fourth-order valence-corrected chi connectivity index (χ4v) is 9.40. The van der Waals surface area contributed by atoms with Crippen molar-refractivity contribution < 1.29 is 23.8 Å². The summed E-state index contributed by atoms with van der Waals surface area (Å²) in [6.45, 7) is 8.52. The van der Waals surface area contributed by atoms with E-state index in [1.807, 2.05) is 47.9 Å². The molecule has 7 heterocycles. The van der Waals surface area contributed by atoms with Crippen LogP contribution >= 0.6 is 34.5 Å². The Morgan fingerprint density at radius 2 is 1.77 bits per heavy atom. The summed E-state index contributed by atoms with van der Waals surface area (Å²) >= 11 is 14.6. The first-order chi connectivity index (χ1) is 30.0. The number of thiophene rings is 1. The number of pyridine rings is 2. The zero-order valence-corrected chi connectivity index (χ0v) is 37.0. The molecular weight excluding hydrogens is 854 g/mol. The number of H-pyrrole nitrogens is 1. The van der Waals surface area contributed by atoms with E-state index in [2.05, 4.69) is 44.2 Å². The van der Waals surface area contributed by atoms with E-state index in [1.165, 1.54) is 4.88 Å². The van der Waals surface area contributed by atoms with E-state index >= 15 is 0 Å². The molecule has 1 aliphatic carbocycles. The summed E-state index contributed by atoms with van der Waals surface area (Å²) in [6, 6.07) is 13.0. The Hall–Kier alpha value is -5.62. The van der Waals surface area contributed by atoms with Crippen LogP contribution in [0.15, 0.2) is 47.5 Å². The monoisotopic (exact) mass is 897 g/mol. The average molecular weight is 899 g/mol.